The first-order valence-electron chi connectivity index (χ1n) is 9.51. The highest BCUT2D eigenvalue weighted by Crippen LogP contribution is 2.34. The summed E-state index contributed by atoms with van der Waals surface area (Å²) in [4.78, 5) is 18.3. The fourth-order valence-corrected chi connectivity index (χ4v) is 3.54. The summed E-state index contributed by atoms with van der Waals surface area (Å²) in [6.07, 6.45) is 3.65. The molecule has 142 valence electrons. The van der Waals surface area contributed by atoms with Crippen LogP contribution in [0.3, 0.4) is 0 Å². The third kappa shape index (κ3) is 3.31. The number of anilines is 2. The Bertz CT molecular complexity index is 958. The Kier molecular flexibility index (Phi) is 4.40. The predicted molar refractivity (Wildman–Crippen MR) is 107 cm³/mol. The normalized spacial score (nSPS) is 16.1. The summed E-state index contributed by atoms with van der Waals surface area (Å²) in [5.41, 5.74) is 1.88. The first-order valence-corrected chi connectivity index (χ1v) is 9.51. The summed E-state index contributed by atoms with van der Waals surface area (Å²) in [6, 6.07) is 13.9. The number of ether oxygens (including phenoxy) is 2. The second-order valence-electron chi connectivity index (χ2n) is 6.76. The molecule has 1 aromatic carbocycles. The number of rotatable bonds is 3. The summed E-state index contributed by atoms with van der Waals surface area (Å²) in [6.45, 7) is 4.69. The van der Waals surface area contributed by atoms with Crippen molar-refractivity contribution in [1.29, 1.82) is 0 Å². The van der Waals surface area contributed by atoms with E-state index in [1.165, 1.54) is 0 Å². The topological polar surface area (TPSA) is 63.6 Å². The van der Waals surface area contributed by atoms with E-state index in [1.54, 1.807) is 0 Å². The molecule has 1 saturated heterocycles. The number of benzene rings is 1. The summed E-state index contributed by atoms with van der Waals surface area (Å²) < 4.78 is 11.3. The predicted octanol–water partition coefficient (Wildman–Crippen LogP) is 2.64. The molecule has 0 N–H and O–H groups in total. The van der Waals surface area contributed by atoms with Crippen LogP contribution in [0.15, 0.2) is 54.9 Å². The molecule has 0 amide bonds. The molecule has 28 heavy (non-hydrogen) atoms. The maximum atomic E-state index is 5.70. The lowest BCUT2D eigenvalue weighted by molar-refractivity contribution is 0.171. The van der Waals surface area contributed by atoms with E-state index in [9.17, 15) is 0 Å². The first kappa shape index (κ1) is 16.8. The molecule has 0 spiro atoms. The maximum absolute atomic E-state index is 5.70. The standard InChI is InChI=1S/C21H21N5O2/c1-2-7-22-20(3-1)25-9-11-26(12-10-25)21-23-8-6-17(24-21)16-4-5-18-19(15-16)28-14-13-27-18/h1-8,15H,9-14H2. The molecule has 7 heteroatoms. The average Bonchev–Trinajstić information content (AvgIpc) is 2.79. The van der Waals surface area contributed by atoms with Gasteiger partial charge < -0.3 is 19.3 Å². The number of hydrogen-bond acceptors (Lipinski definition) is 7. The van der Waals surface area contributed by atoms with E-state index in [4.69, 9.17) is 14.5 Å². The molecule has 2 aromatic heterocycles. The van der Waals surface area contributed by atoms with Crippen LogP contribution in [0, 0.1) is 0 Å². The minimum absolute atomic E-state index is 0.575. The van der Waals surface area contributed by atoms with E-state index in [0.717, 1.165) is 60.7 Å². The lowest BCUT2D eigenvalue weighted by Gasteiger charge is -2.35. The Morgan fingerprint density at radius 3 is 2.39 bits per heavy atom. The molecule has 0 radical (unpaired) electrons. The Hall–Kier alpha value is -3.35. The van der Waals surface area contributed by atoms with Crippen molar-refractivity contribution in [2.45, 2.75) is 0 Å². The minimum atomic E-state index is 0.575. The van der Waals surface area contributed by atoms with Gasteiger partial charge >= 0.3 is 0 Å². The largest absolute Gasteiger partial charge is 0.486 e. The lowest BCUT2D eigenvalue weighted by Crippen LogP contribution is -2.47. The maximum Gasteiger partial charge on any atom is 0.225 e. The van der Waals surface area contributed by atoms with Gasteiger partial charge in [-0.2, -0.15) is 0 Å². The van der Waals surface area contributed by atoms with Crippen LogP contribution in [-0.4, -0.2) is 54.3 Å². The van der Waals surface area contributed by atoms with E-state index in [2.05, 4.69) is 25.8 Å². The molecule has 0 aliphatic carbocycles. The number of piperazine rings is 1. The monoisotopic (exact) mass is 375 g/mol. The van der Waals surface area contributed by atoms with Gasteiger partial charge in [0.15, 0.2) is 11.5 Å². The highest BCUT2D eigenvalue weighted by atomic mass is 16.6. The molecule has 1 fully saturated rings. The molecule has 7 nitrogen and oxygen atoms in total. The Balaban J connectivity index is 1.33. The van der Waals surface area contributed by atoms with Crippen molar-refractivity contribution >= 4 is 11.8 Å². The first-order chi connectivity index (χ1) is 13.9. The van der Waals surface area contributed by atoms with Crippen molar-refractivity contribution < 1.29 is 9.47 Å². The highest BCUT2D eigenvalue weighted by molar-refractivity contribution is 5.65. The van der Waals surface area contributed by atoms with Crippen molar-refractivity contribution in [3.05, 3.63) is 54.9 Å². The van der Waals surface area contributed by atoms with Gasteiger partial charge in [-0.1, -0.05) is 6.07 Å². The molecule has 0 bridgehead atoms. The third-order valence-corrected chi connectivity index (χ3v) is 5.02. The highest BCUT2D eigenvalue weighted by Gasteiger charge is 2.20. The Morgan fingerprint density at radius 2 is 1.57 bits per heavy atom. The van der Waals surface area contributed by atoms with Gasteiger partial charge in [-0.25, -0.2) is 15.0 Å². The van der Waals surface area contributed by atoms with Crippen LogP contribution in [0.2, 0.25) is 0 Å². The lowest BCUT2D eigenvalue weighted by atomic mass is 10.1. The van der Waals surface area contributed by atoms with Gasteiger partial charge in [-0.15, -0.1) is 0 Å². The third-order valence-electron chi connectivity index (χ3n) is 5.02. The van der Waals surface area contributed by atoms with E-state index < -0.39 is 0 Å². The van der Waals surface area contributed by atoms with Crippen LogP contribution in [0.1, 0.15) is 0 Å². The molecule has 5 rings (SSSR count). The molecule has 0 atom stereocenters. The van der Waals surface area contributed by atoms with E-state index in [1.807, 2.05) is 48.8 Å². The zero-order valence-corrected chi connectivity index (χ0v) is 15.5. The zero-order chi connectivity index (χ0) is 18.8. The Labute approximate surface area is 163 Å². The van der Waals surface area contributed by atoms with Gasteiger partial charge in [0.1, 0.15) is 19.0 Å². The molecule has 0 saturated carbocycles. The minimum Gasteiger partial charge on any atom is -0.486 e. The van der Waals surface area contributed by atoms with Gasteiger partial charge in [-0.05, 0) is 36.4 Å². The van der Waals surface area contributed by atoms with Crippen LogP contribution < -0.4 is 19.3 Å². The van der Waals surface area contributed by atoms with Crippen molar-refractivity contribution in [2.24, 2.45) is 0 Å². The summed E-state index contributed by atoms with van der Waals surface area (Å²) in [7, 11) is 0. The van der Waals surface area contributed by atoms with Crippen LogP contribution >= 0.6 is 0 Å². The molecular weight excluding hydrogens is 354 g/mol. The van der Waals surface area contributed by atoms with Crippen molar-refractivity contribution in [2.75, 3.05) is 49.2 Å². The van der Waals surface area contributed by atoms with Crippen molar-refractivity contribution in [3.8, 4) is 22.8 Å². The molecule has 2 aliphatic heterocycles. The zero-order valence-electron chi connectivity index (χ0n) is 15.5. The van der Waals surface area contributed by atoms with Gasteiger partial charge in [0, 0.05) is 44.1 Å². The van der Waals surface area contributed by atoms with Crippen LogP contribution in [0.5, 0.6) is 11.5 Å². The van der Waals surface area contributed by atoms with Crippen molar-refractivity contribution in [3.63, 3.8) is 0 Å². The van der Waals surface area contributed by atoms with Gasteiger partial charge in [0.05, 0.1) is 5.69 Å². The average molecular weight is 375 g/mol. The van der Waals surface area contributed by atoms with Crippen LogP contribution in [0.25, 0.3) is 11.3 Å². The quantitative estimate of drug-likeness (QED) is 0.697. The molecule has 3 aromatic rings. The van der Waals surface area contributed by atoms with E-state index in [-0.39, 0.29) is 0 Å². The van der Waals surface area contributed by atoms with E-state index in [0.29, 0.717) is 13.2 Å². The van der Waals surface area contributed by atoms with Gasteiger partial charge in [0.2, 0.25) is 5.95 Å². The number of aromatic nitrogens is 3. The number of fused-ring (bicyclic) bond motifs is 1. The van der Waals surface area contributed by atoms with Crippen molar-refractivity contribution in [1.82, 2.24) is 15.0 Å². The smallest absolute Gasteiger partial charge is 0.225 e. The fourth-order valence-electron chi connectivity index (χ4n) is 3.54. The van der Waals surface area contributed by atoms with E-state index >= 15 is 0 Å². The number of nitrogens with zero attached hydrogens (tertiary/aromatic N) is 5. The number of hydrogen-bond donors (Lipinski definition) is 0. The SMILES string of the molecule is c1ccc(N2CCN(c3nccc(-c4ccc5c(c4)OCCO5)n3)CC2)nc1. The molecule has 0 unspecified atom stereocenters. The van der Waals surface area contributed by atoms with Gasteiger partial charge in [0.25, 0.3) is 0 Å². The summed E-state index contributed by atoms with van der Waals surface area (Å²) in [5, 5.41) is 0. The second-order valence-corrected chi connectivity index (χ2v) is 6.76. The van der Waals surface area contributed by atoms with Crippen LogP contribution in [0.4, 0.5) is 11.8 Å². The summed E-state index contributed by atoms with van der Waals surface area (Å²) >= 11 is 0. The molecular formula is C21H21N5O2. The fraction of sp³-hybridized carbons (Fsp3) is 0.286. The number of pyridine rings is 1. The summed E-state index contributed by atoms with van der Waals surface area (Å²) in [5.74, 6) is 3.34. The van der Waals surface area contributed by atoms with Crippen LogP contribution in [-0.2, 0) is 0 Å². The second kappa shape index (κ2) is 7.34. The van der Waals surface area contributed by atoms with Gasteiger partial charge in [-0.3, -0.25) is 0 Å². The Morgan fingerprint density at radius 1 is 0.750 bits per heavy atom. The molecule has 4 heterocycles. The molecule has 2 aliphatic rings.